The molecule has 452 valence electrons. The van der Waals surface area contributed by atoms with E-state index in [0.717, 1.165) is 125 Å². The number of amides is 4. The van der Waals surface area contributed by atoms with Crippen molar-refractivity contribution in [2.45, 2.75) is 176 Å². The third kappa shape index (κ3) is 18.8. The Morgan fingerprint density at radius 1 is 0.639 bits per heavy atom. The summed E-state index contributed by atoms with van der Waals surface area (Å²) in [6.07, 6.45) is 6.62. The number of piperazine rings is 2. The fourth-order valence-electron chi connectivity index (χ4n) is 11.8. The number of nitrogens with one attached hydrogen (secondary N) is 1. The first-order valence-electron chi connectivity index (χ1n) is 30.3. The van der Waals surface area contributed by atoms with Gasteiger partial charge in [-0.2, -0.15) is 0 Å². The first kappa shape index (κ1) is 64.1. The zero-order chi connectivity index (χ0) is 60.1. The molecule has 2 saturated carbocycles. The Hall–Kier alpha value is -6.49. The van der Waals surface area contributed by atoms with E-state index in [1.807, 2.05) is 108 Å². The third-order valence-corrected chi connectivity index (χ3v) is 17.0. The Bertz CT molecular complexity index is 2840. The number of ether oxygens (including phenoxy) is 3. The number of anilines is 2. The summed E-state index contributed by atoms with van der Waals surface area (Å²) in [6, 6.07) is 28.6. The summed E-state index contributed by atoms with van der Waals surface area (Å²) in [5.74, 6) is 1.01. The van der Waals surface area contributed by atoms with Crippen LogP contribution in [0.15, 0.2) is 84.9 Å². The average molecular weight is 1140 g/mol. The normalized spacial score (nSPS) is 21.5. The molecule has 0 unspecified atom stereocenters. The Morgan fingerprint density at radius 3 is 1.55 bits per heavy atom. The Kier molecular flexibility index (Phi) is 22.7. The number of carboxylic acid groups (broad SMARTS) is 1. The lowest BCUT2D eigenvalue weighted by molar-refractivity contribution is -0.136. The van der Waals surface area contributed by atoms with Crippen LogP contribution in [0, 0.1) is 25.7 Å². The van der Waals surface area contributed by atoms with E-state index < -0.39 is 11.6 Å². The molecule has 2 aliphatic heterocycles. The van der Waals surface area contributed by atoms with Crippen LogP contribution in [0.3, 0.4) is 0 Å². The molecule has 4 fully saturated rings. The maximum Gasteiger partial charge on any atom is 0.410 e. The fraction of sp³-hybridized carbons (Fsp3) is 0.567. The van der Waals surface area contributed by atoms with E-state index in [-0.39, 0.29) is 66.4 Å². The topological polar surface area (TPSA) is 165 Å². The van der Waals surface area contributed by atoms with Gasteiger partial charge in [0.25, 0.3) is 0 Å². The molecule has 83 heavy (non-hydrogen) atoms. The number of rotatable bonds is 17. The number of aliphatic carboxylic acids is 1. The molecule has 0 spiro atoms. The highest BCUT2D eigenvalue weighted by Crippen LogP contribution is 2.33. The van der Waals surface area contributed by atoms with Gasteiger partial charge in [-0.05, 0) is 196 Å². The lowest BCUT2D eigenvalue weighted by Crippen LogP contribution is -2.54. The lowest BCUT2D eigenvalue weighted by atomic mass is 9.86. The van der Waals surface area contributed by atoms with Gasteiger partial charge in [-0.3, -0.25) is 29.0 Å². The van der Waals surface area contributed by atoms with Crippen molar-refractivity contribution in [2.24, 2.45) is 11.8 Å². The molecule has 4 aliphatic rings. The van der Waals surface area contributed by atoms with Gasteiger partial charge in [-0.25, -0.2) is 4.79 Å². The van der Waals surface area contributed by atoms with Gasteiger partial charge < -0.3 is 44.2 Å². The summed E-state index contributed by atoms with van der Waals surface area (Å²) in [6.45, 7) is 25.3. The molecule has 4 aromatic carbocycles. The highest BCUT2D eigenvalue weighted by Gasteiger charge is 2.34. The number of carbonyl (C=O) groups is 5. The Labute approximate surface area is 494 Å². The fourth-order valence-corrected chi connectivity index (χ4v) is 11.8. The molecule has 2 aliphatic carbocycles. The second-order valence-electron chi connectivity index (χ2n) is 25.2. The largest absolute Gasteiger partial charge is 0.490 e. The van der Waals surface area contributed by atoms with Crippen molar-refractivity contribution in [1.82, 2.24) is 24.9 Å². The SMILES string of the molecule is Cc1cc(N(C)C(=O)C2CCC(Oc3cccc(CC(=O)N(C)C(C)C)c3)CC2)ccc1CN1CCN[C@@H](C)C1.Cc1cc(N(C)C(=O)C2CCC(Oc3cccc(CC(=O)O)c3)CC2)ccc1CN1CCN(C(=O)OC(C)(C)C)[C@@H](C)C1. The number of carbonyl (C=O) groups excluding carboxylic acids is 4. The number of likely N-dealkylation sites (N-methyl/N-ethyl adjacent to an activating group) is 1. The standard InChI is InChI=1S/C34H47N3O6.C33H48N4O3/c1-23-18-28(13-10-27(23)22-36-16-17-37(24(2)21-36)33(41)43-34(3,4)5)35(6)32(40)26-11-14-29(15-12-26)42-30-9-7-8-25(19-30)20-31(38)39;1-23(2)35(5)32(38)20-26-8-7-9-31(19-26)40-30-14-11-27(12-15-30)33(39)36(6)29-13-10-28(24(3)18-29)22-37-17-16-34-25(4)21-37/h7-10,13,18-19,24,26,29H,11-12,14-17,20-22H2,1-6H3,(H,38,39);7-10,13,18-19,23,25,27,30,34H,11-12,14-17,20-22H2,1-6H3/t24-,26?,29?;25-,27?,30?/m00/s1. The summed E-state index contributed by atoms with van der Waals surface area (Å²) in [5.41, 5.74) is 7.95. The minimum Gasteiger partial charge on any atom is -0.490 e. The minimum atomic E-state index is -0.866. The van der Waals surface area contributed by atoms with Gasteiger partial charge in [0.2, 0.25) is 17.7 Å². The molecular formula is C67H95N7O9. The van der Waals surface area contributed by atoms with Crippen molar-refractivity contribution in [3.8, 4) is 11.5 Å². The summed E-state index contributed by atoms with van der Waals surface area (Å²) in [7, 11) is 5.60. The molecule has 0 aromatic heterocycles. The van der Waals surface area contributed by atoms with Gasteiger partial charge in [0.05, 0.1) is 25.0 Å². The van der Waals surface area contributed by atoms with Crippen molar-refractivity contribution in [1.29, 1.82) is 0 Å². The highest BCUT2D eigenvalue weighted by atomic mass is 16.6. The second-order valence-corrected chi connectivity index (χ2v) is 25.2. The van der Waals surface area contributed by atoms with Gasteiger partial charge >= 0.3 is 12.1 Å². The second kappa shape index (κ2) is 29.4. The van der Waals surface area contributed by atoms with Crippen LogP contribution < -0.4 is 24.6 Å². The van der Waals surface area contributed by atoms with E-state index in [0.29, 0.717) is 30.3 Å². The summed E-state index contributed by atoms with van der Waals surface area (Å²) in [5, 5.41) is 12.6. The molecule has 8 rings (SSSR count). The van der Waals surface area contributed by atoms with Crippen molar-refractivity contribution in [3.05, 3.63) is 118 Å². The van der Waals surface area contributed by atoms with Crippen LogP contribution in [0.4, 0.5) is 16.2 Å². The van der Waals surface area contributed by atoms with E-state index in [1.165, 1.54) is 16.7 Å². The predicted molar refractivity (Wildman–Crippen MR) is 328 cm³/mol. The molecular weight excluding hydrogens is 1050 g/mol. The number of carboxylic acids is 1. The first-order chi connectivity index (χ1) is 39.4. The zero-order valence-electron chi connectivity index (χ0n) is 51.7. The Morgan fingerprint density at radius 2 is 1.12 bits per heavy atom. The molecule has 2 saturated heterocycles. The van der Waals surface area contributed by atoms with Crippen LogP contribution >= 0.6 is 0 Å². The Balaban J connectivity index is 0.000000239. The van der Waals surface area contributed by atoms with Gasteiger partial charge in [0.1, 0.15) is 17.1 Å². The van der Waals surface area contributed by atoms with Crippen molar-refractivity contribution in [3.63, 3.8) is 0 Å². The van der Waals surface area contributed by atoms with Gasteiger partial charge in [-0.1, -0.05) is 36.4 Å². The van der Waals surface area contributed by atoms with Crippen LogP contribution in [0.25, 0.3) is 0 Å². The number of aryl methyl sites for hydroxylation is 2. The number of benzene rings is 4. The van der Waals surface area contributed by atoms with Crippen molar-refractivity contribution >= 4 is 41.2 Å². The lowest BCUT2D eigenvalue weighted by Gasteiger charge is -2.40. The van der Waals surface area contributed by atoms with E-state index in [4.69, 9.17) is 19.3 Å². The average Bonchev–Trinajstić information content (AvgIpc) is 3.43. The third-order valence-electron chi connectivity index (χ3n) is 17.0. The molecule has 4 aromatic rings. The molecule has 2 N–H and O–H groups in total. The predicted octanol–water partition coefficient (Wildman–Crippen LogP) is 10.5. The minimum absolute atomic E-state index is 0.0164. The summed E-state index contributed by atoms with van der Waals surface area (Å²) >= 11 is 0. The zero-order valence-corrected chi connectivity index (χ0v) is 51.7. The van der Waals surface area contributed by atoms with E-state index in [1.54, 1.807) is 21.9 Å². The molecule has 4 amide bonds. The molecule has 2 heterocycles. The monoisotopic (exact) mass is 1140 g/mol. The van der Waals surface area contributed by atoms with Crippen molar-refractivity contribution in [2.75, 3.05) is 70.2 Å². The summed E-state index contributed by atoms with van der Waals surface area (Å²) in [4.78, 5) is 75.0. The van der Waals surface area contributed by atoms with Gasteiger partial charge in [0.15, 0.2) is 0 Å². The molecule has 0 radical (unpaired) electrons. The van der Waals surface area contributed by atoms with Gasteiger partial charge in [0, 0.05) is 115 Å². The first-order valence-corrected chi connectivity index (χ1v) is 30.3. The van der Waals surface area contributed by atoms with Crippen LogP contribution in [0.5, 0.6) is 11.5 Å². The molecule has 16 nitrogen and oxygen atoms in total. The van der Waals surface area contributed by atoms with Crippen LogP contribution in [-0.4, -0.2) is 151 Å². The highest BCUT2D eigenvalue weighted by molar-refractivity contribution is 5.95. The molecule has 2 atom stereocenters. The smallest absolute Gasteiger partial charge is 0.410 e. The van der Waals surface area contributed by atoms with Crippen LogP contribution in [-0.2, 0) is 49.8 Å². The van der Waals surface area contributed by atoms with Gasteiger partial charge in [-0.15, -0.1) is 0 Å². The van der Waals surface area contributed by atoms with Crippen molar-refractivity contribution < 1.29 is 43.3 Å². The maximum atomic E-state index is 13.4. The van der Waals surface area contributed by atoms with Crippen LogP contribution in [0.2, 0.25) is 0 Å². The number of nitrogens with zero attached hydrogens (tertiary/aromatic N) is 6. The molecule has 16 heteroatoms. The number of hydrogen-bond donors (Lipinski definition) is 2. The van der Waals surface area contributed by atoms with E-state index in [9.17, 15) is 24.0 Å². The molecule has 0 bridgehead atoms. The maximum absolute atomic E-state index is 13.4. The van der Waals surface area contributed by atoms with E-state index >= 15 is 0 Å². The quantitative estimate of drug-likeness (QED) is 0.103. The van der Waals surface area contributed by atoms with E-state index in [2.05, 4.69) is 73.1 Å². The van der Waals surface area contributed by atoms with Crippen LogP contribution in [0.1, 0.15) is 133 Å². The summed E-state index contributed by atoms with van der Waals surface area (Å²) < 4.78 is 18.0. The number of hydrogen-bond acceptors (Lipinski definition) is 11.